The molecule has 126 valence electrons. The summed E-state index contributed by atoms with van der Waals surface area (Å²) in [6, 6.07) is 14.0. The van der Waals surface area contributed by atoms with Crippen molar-refractivity contribution in [2.24, 2.45) is 5.92 Å². The summed E-state index contributed by atoms with van der Waals surface area (Å²) in [6.07, 6.45) is 1.21. The molecule has 0 aromatic heterocycles. The van der Waals surface area contributed by atoms with E-state index in [0.29, 0.717) is 29.0 Å². The van der Waals surface area contributed by atoms with E-state index in [2.05, 4.69) is 0 Å². The quantitative estimate of drug-likeness (QED) is 0.539. The van der Waals surface area contributed by atoms with Crippen molar-refractivity contribution in [3.63, 3.8) is 0 Å². The van der Waals surface area contributed by atoms with Crippen molar-refractivity contribution in [2.45, 2.75) is 19.8 Å². The number of ketones is 2. The van der Waals surface area contributed by atoms with Gasteiger partial charge < -0.3 is 9.47 Å². The standard InChI is InChI=1S/C20H22O4/c1-4-9-16(19(21)14-10-5-7-12-17(14)23-2)20(22)15-11-6-8-13-18(15)24-3/h5-8,10-13,16H,4,9H2,1-3H3. The Labute approximate surface area is 142 Å². The molecule has 0 heterocycles. The van der Waals surface area contributed by atoms with Crippen molar-refractivity contribution in [2.75, 3.05) is 14.2 Å². The molecule has 0 spiro atoms. The van der Waals surface area contributed by atoms with E-state index in [-0.39, 0.29) is 11.6 Å². The Kier molecular flexibility index (Phi) is 6.13. The normalized spacial score (nSPS) is 10.5. The number of benzene rings is 2. The molecule has 0 saturated carbocycles. The van der Waals surface area contributed by atoms with Crippen LogP contribution < -0.4 is 9.47 Å². The summed E-state index contributed by atoms with van der Waals surface area (Å²) < 4.78 is 10.5. The van der Waals surface area contributed by atoms with Crippen LogP contribution in [0.2, 0.25) is 0 Å². The van der Waals surface area contributed by atoms with Crippen LogP contribution in [-0.2, 0) is 0 Å². The maximum Gasteiger partial charge on any atom is 0.177 e. The third-order valence-electron chi connectivity index (χ3n) is 3.96. The Morgan fingerprint density at radius 2 is 1.25 bits per heavy atom. The largest absolute Gasteiger partial charge is 0.496 e. The van der Waals surface area contributed by atoms with Gasteiger partial charge in [-0.25, -0.2) is 0 Å². The average Bonchev–Trinajstić information content (AvgIpc) is 2.64. The highest BCUT2D eigenvalue weighted by Gasteiger charge is 2.30. The van der Waals surface area contributed by atoms with Crippen molar-refractivity contribution in [3.05, 3.63) is 59.7 Å². The number of para-hydroxylation sites is 2. The zero-order chi connectivity index (χ0) is 17.5. The fourth-order valence-electron chi connectivity index (χ4n) is 2.74. The molecular weight excluding hydrogens is 304 g/mol. The first-order valence-corrected chi connectivity index (χ1v) is 7.98. The number of hydrogen-bond donors (Lipinski definition) is 0. The second-order valence-electron chi connectivity index (χ2n) is 5.47. The molecule has 4 nitrogen and oxygen atoms in total. The molecule has 0 aliphatic carbocycles. The molecule has 2 rings (SSSR count). The molecule has 0 N–H and O–H groups in total. The minimum absolute atomic E-state index is 0.217. The lowest BCUT2D eigenvalue weighted by atomic mass is 9.86. The van der Waals surface area contributed by atoms with E-state index < -0.39 is 5.92 Å². The summed E-state index contributed by atoms with van der Waals surface area (Å²) in [7, 11) is 3.03. The van der Waals surface area contributed by atoms with Gasteiger partial charge in [-0.3, -0.25) is 9.59 Å². The minimum atomic E-state index is -0.748. The number of methoxy groups -OCH3 is 2. The highest BCUT2D eigenvalue weighted by atomic mass is 16.5. The van der Waals surface area contributed by atoms with Crippen molar-refractivity contribution in [1.29, 1.82) is 0 Å². The molecule has 0 aliphatic heterocycles. The van der Waals surface area contributed by atoms with Gasteiger partial charge in [-0.1, -0.05) is 37.6 Å². The lowest BCUT2D eigenvalue weighted by Gasteiger charge is -2.17. The maximum atomic E-state index is 13.0. The van der Waals surface area contributed by atoms with Gasteiger partial charge in [0.2, 0.25) is 0 Å². The van der Waals surface area contributed by atoms with Crippen molar-refractivity contribution in [3.8, 4) is 11.5 Å². The Bertz CT molecular complexity index is 662. The molecule has 0 amide bonds. The van der Waals surface area contributed by atoms with Crippen molar-refractivity contribution in [1.82, 2.24) is 0 Å². The number of Topliss-reactive ketones (excluding diaryl/α,β-unsaturated/α-hetero) is 2. The SMILES string of the molecule is CCCC(C(=O)c1ccccc1OC)C(=O)c1ccccc1OC. The van der Waals surface area contributed by atoms with Gasteiger partial charge in [0.05, 0.1) is 31.3 Å². The van der Waals surface area contributed by atoms with E-state index in [9.17, 15) is 9.59 Å². The average molecular weight is 326 g/mol. The molecule has 0 atom stereocenters. The molecule has 0 bridgehead atoms. The maximum absolute atomic E-state index is 13.0. The van der Waals surface area contributed by atoms with E-state index in [1.54, 1.807) is 48.5 Å². The molecule has 0 fully saturated rings. The van der Waals surface area contributed by atoms with Crippen LogP contribution in [0.1, 0.15) is 40.5 Å². The van der Waals surface area contributed by atoms with Crippen LogP contribution in [0.4, 0.5) is 0 Å². The Hall–Kier alpha value is -2.62. The molecule has 2 aromatic carbocycles. The fraction of sp³-hybridized carbons (Fsp3) is 0.300. The molecule has 4 heteroatoms. The molecule has 0 unspecified atom stereocenters. The first kappa shape index (κ1) is 17.7. The van der Waals surface area contributed by atoms with E-state index >= 15 is 0 Å². The van der Waals surface area contributed by atoms with Gasteiger partial charge in [-0.15, -0.1) is 0 Å². The summed E-state index contributed by atoms with van der Waals surface area (Å²) in [5, 5.41) is 0. The molecule has 0 radical (unpaired) electrons. The zero-order valence-corrected chi connectivity index (χ0v) is 14.2. The first-order valence-electron chi connectivity index (χ1n) is 7.98. The number of carbonyl (C=O) groups excluding carboxylic acids is 2. The van der Waals surface area contributed by atoms with Crippen LogP contribution >= 0.6 is 0 Å². The minimum Gasteiger partial charge on any atom is -0.496 e. The number of hydrogen-bond acceptors (Lipinski definition) is 4. The van der Waals surface area contributed by atoms with Crippen molar-refractivity contribution >= 4 is 11.6 Å². The molecule has 2 aromatic rings. The summed E-state index contributed by atoms with van der Waals surface area (Å²) in [4.78, 5) is 26.0. The summed E-state index contributed by atoms with van der Waals surface area (Å²) in [6.45, 7) is 1.96. The predicted octanol–water partition coefficient (Wildman–Crippen LogP) is 4.19. The van der Waals surface area contributed by atoms with Gasteiger partial charge in [0.15, 0.2) is 11.6 Å². The lowest BCUT2D eigenvalue weighted by molar-refractivity contribution is 0.0795. The van der Waals surface area contributed by atoms with Crippen LogP contribution in [-0.4, -0.2) is 25.8 Å². The second kappa shape index (κ2) is 8.29. The number of rotatable bonds is 8. The highest BCUT2D eigenvalue weighted by Crippen LogP contribution is 2.28. The van der Waals surface area contributed by atoms with Gasteiger partial charge in [0, 0.05) is 0 Å². The second-order valence-corrected chi connectivity index (χ2v) is 5.47. The van der Waals surface area contributed by atoms with Crippen LogP contribution in [0.15, 0.2) is 48.5 Å². The van der Waals surface area contributed by atoms with Crippen molar-refractivity contribution < 1.29 is 19.1 Å². The monoisotopic (exact) mass is 326 g/mol. The lowest BCUT2D eigenvalue weighted by Crippen LogP contribution is -2.25. The van der Waals surface area contributed by atoms with Crippen LogP contribution in [0.25, 0.3) is 0 Å². The molecular formula is C20H22O4. The number of carbonyl (C=O) groups is 2. The van der Waals surface area contributed by atoms with Gasteiger partial charge in [-0.2, -0.15) is 0 Å². The highest BCUT2D eigenvalue weighted by molar-refractivity contribution is 6.17. The van der Waals surface area contributed by atoms with E-state index in [4.69, 9.17) is 9.47 Å². The number of ether oxygens (including phenoxy) is 2. The summed E-state index contributed by atoms with van der Waals surface area (Å²) in [5.74, 6) is -0.217. The first-order chi connectivity index (χ1) is 11.6. The zero-order valence-electron chi connectivity index (χ0n) is 14.2. The smallest absolute Gasteiger partial charge is 0.177 e. The Balaban J connectivity index is 2.41. The fourth-order valence-corrected chi connectivity index (χ4v) is 2.74. The van der Waals surface area contributed by atoms with Crippen LogP contribution in [0.3, 0.4) is 0 Å². The Morgan fingerprint density at radius 3 is 1.62 bits per heavy atom. The summed E-state index contributed by atoms with van der Waals surface area (Å²) in [5.41, 5.74) is 0.864. The molecule has 24 heavy (non-hydrogen) atoms. The summed E-state index contributed by atoms with van der Waals surface area (Å²) >= 11 is 0. The van der Waals surface area contributed by atoms with Crippen LogP contribution in [0, 0.1) is 5.92 Å². The van der Waals surface area contributed by atoms with Gasteiger partial charge in [-0.05, 0) is 30.7 Å². The topological polar surface area (TPSA) is 52.6 Å². The third-order valence-corrected chi connectivity index (χ3v) is 3.96. The van der Waals surface area contributed by atoms with E-state index in [1.807, 2.05) is 6.92 Å². The van der Waals surface area contributed by atoms with Gasteiger partial charge >= 0.3 is 0 Å². The Morgan fingerprint density at radius 1 is 0.833 bits per heavy atom. The van der Waals surface area contributed by atoms with E-state index in [0.717, 1.165) is 6.42 Å². The van der Waals surface area contributed by atoms with E-state index in [1.165, 1.54) is 14.2 Å². The molecule has 0 saturated heterocycles. The van der Waals surface area contributed by atoms with Gasteiger partial charge in [0.25, 0.3) is 0 Å². The van der Waals surface area contributed by atoms with Gasteiger partial charge in [0.1, 0.15) is 11.5 Å². The van der Waals surface area contributed by atoms with Crippen LogP contribution in [0.5, 0.6) is 11.5 Å². The predicted molar refractivity (Wildman–Crippen MR) is 93.0 cm³/mol. The molecule has 0 aliphatic rings. The third kappa shape index (κ3) is 3.65.